The quantitative estimate of drug-likeness (QED) is 0.364. The fourth-order valence-electron chi connectivity index (χ4n) is 3.99. The van der Waals surface area contributed by atoms with Gasteiger partial charge in [-0.25, -0.2) is 0 Å². The Morgan fingerprint density at radius 1 is 1.16 bits per heavy atom. The number of hydrogen-bond donors (Lipinski definition) is 2. The van der Waals surface area contributed by atoms with Gasteiger partial charge in [-0.2, -0.15) is 0 Å². The molecule has 1 aliphatic rings. The molecule has 1 atom stereocenters. The maximum Gasteiger partial charge on any atom is 0.295 e. The molecule has 0 radical (unpaired) electrons. The number of aliphatic hydroxyl groups excluding tert-OH is 1. The zero-order valence-corrected chi connectivity index (χ0v) is 17.8. The van der Waals surface area contributed by atoms with Gasteiger partial charge >= 0.3 is 0 Å². The molecule has 4 rings (SSSR count). The number of nitrogens with zero attached hydrogens (tertiary/aromatic N) is 2. The molecule has 0 aliphatic carbocycles. The molecule has 3 aromatic rings. The maximum absolute atomic E-state index is 13.1. The number of methoxy groups -OCH3 is 1. The van der Waals surface area contributed by atoms with Gasteiger partial charge in [-0.15, -0.1) is 0 Å². The number of H-pyrrole nitrogens is 1. The highest BCUT2D eigenvalue weighted by Crippen LogP contribution is 2.41. The lowest BCUT2D eigenvalue weighted by atomic mass is 9.95. The fourth-order valence-corrected chi connectivity index (χ4v) is 3.99. The van der Waals surface area contributed by atoms with E-state index in [1.165, 1.54) is 4.90 Å². The second-order valence-electron chi connectivity index (χ2n) is 7.82. The molecule has 0 bridgehead atoms. The van der Waals surface area contributed by atoms with Gasteiger partial charge in [0.1, 0.15) is 11.5 Å². The normalized spacial score (nSPS) is 18.3. The first kappa shape index (κ1) is 20.7. The number of hydrogen-bond acceptors (Lipinski definition) is 5. The van der Waals surface area contributed by atoms with Crippen LogP contribution in [0.15, 0.2) is 60.3 Å². The van der Waals surface area contributed by atoms with Crippen molar-refractivity contribution in [1.82, 2.24) is 14.8 Å². The smallest absolute Gasteiger partial charge is 0.295 e. The van der Waals surface area contributed by atoms with E-state index in [1.807, 2.05) is 55.4 Å². The number of likely N-dealkylation sites (tertiary alicyclic amines) is 1. The predicted octanol–water partition coefficient (Wildman–Crippen LogP) is 3.16. The monoisotopic (exact) mass is 419 g/mol. The average Bonchev–Trinajstić information content (AvgIpc) is 3.31. The molecule has 1 aliphatic heterocycles. The number of ketones is 1. The third-order valence-electron chi connectivity index (χ3n) is 5.58. The summed E-state index contributed by atoms with van der Waals surface area (Å²) in [5, 5.41) is 12.0. The largest absolute Gasteiger partial charge is 0.507 e. The number of ether oxygens (including phenoxy) is 1. The summed E-state index contributed by atoms with van der Waals surface area (Å²) in [4.78, 5) is 32.7. The van der Waals surface area contributed by atoms with Crippen molar-refractivity contribution in [3.63, 3.8) is 0 Å². The van der Waals surface area contributed by atoms with Gasteiger partial charge in [0, 0.05) is 35.8 Å². The second-order valence-corrected chi connectivity index (χ2v) is 7.82. The van der Waals surface area contributed by atoms with Gasteiger partial charge in [-0.3, -0.25) is 9.59 Å². The van der Waals surface area contributed by atoms with Crippen LogP contribution in [0.3, 0.4) is 0 Å². The molecule has 7 heteroatoms. The van der Waals surface area contributed by atoms with E-state index >= 15 is 0 Å². The molecule has 2 heterocycles. The number of carbonyl (C=O) groups is 2. The van der Waals surface area contributed by atoms with Gasteiger partial charge in [-0.1, -0.05) is 30.3 Å². The summed E-state index contributed by atoms with van der Waals surface area (Å²) < 4.78 is 5.35. The van der Waals surface area contributed by atoms with E-state index in [0.29, 0.717) is 30.0 Å². The fraction of sp³-hybridized carbons (Fsp3) is 0.250. The average molecular weight is 419 g/mol. The minimum atomic E-state index is -0.705. The number of aliphatic hydroxyl groups is 1. The third kappa shape index (κ3) is 3.68. The number of amides is 1. The Hall–Kier alpha value is -3.58. The van der Waals surface area contributed by atoms with Gasteiger partial charge < -0.3 is 24.6 Å². The minimum Gasteiger partial charge on any atom is -0.507 e. The van der Waals surface area contributed by atoms with Gasteiger partial charge in [-0.05, 0) is 37.9 Å². The lowest BCUT2D eigenvalue weighted by molar-refractivity contribution is -0.140. The molecule has 1 saturated heterocycles. The maximum atomic E-state index is 13.1. The summed E-state index contributed by atoms with van der Waals surface area (Å²) in [7, 11) is 5.38. The number of carbonyl (C=O) groups excluding carboxylic acids is 2. The number of likely N-dealkylation sites (N-methyl/N-ethyl adjacent to an activating group) is 1. The molecule has 1 fully saturated rings. The summed E-state index contributed by atoms with van der Waals surface area (Å²) in [6, 6.07) is 14.0. The van der Waals surface area contributed by atoms with Crippen molar-refractivity contribution >= 4 is 28.4 Å². The Balaban J connectivity index is 1.90. The lowest BCUT2D eigenvalue weighted by Crippen LogP contribution is -2.35. The molecule has 1 aromatic heterocycles. The Kier molecular flexibility index (Phi) is 5.52. The molecule has 1 unspecified atom stereocenters. The van der Waals surface area contributed by atoms with Crippen LogP contribution in [0, 0.1) is 0 Å². The predicted molar refractivity (Wildman–Crippen MR) is 119 cm³/mol. The zero-order chi connectivity index (χ0) is 22.1. The van der Waals surface area contributed by atoms with E-state index < -0.39 is 17.7 Å². The van der Waals surface area contributed by atoms with Crippen LogP contribution >= 0.6 is 0 Å². The number of aromatic nitrogens is 1. The van der Waals surface area contributed by atoms with E-state index in [-0.39, 0.29) is 11.3 Å². The molecule has 2 N–H and O–H groups in total. The number of Topliss-reactive ketones (excluding diaryl/α,β-unsaturated/α-hetero) is 1. The molecule has 7 nitrogen and oxygen atoms in total. The van der Waals surface area contributed by atoms with Gasteiger partial charge in [0.15, 0.2) is 0 Å². The zero-order valence-electron chi connectivity index (χ0n) is 17.8. The van der Waals surface area contributed by atoms with Crippen molar-refractivity contribution in [3.05, 3.63) is 71.4 Å². The van der Waals surface area contributed by atoms with Crippen molar-refractivity contribution in [1.29, 1.82) is 0 Å². The summed E-state index contributed by atoms with van der Waals surface area (Å²) in [5.74, 6) is -0.871. The van der Waals surface area contributed by atoms with E-state index in [4.69, 9.17) is 4.74 Å². The number of benzene rings is 2. The van der Waals surface area contributed by atoms with Crippen LogP contribution in [0.1, 0.15) is 17.2 Å². The minimum absolute atomic E-state index is 0.0850. The number of nitrogens with one attached hydrogen (secondary N) is 1. The molecular weight excluding hydrogens is 394 g/mol. The molecule has 0 saturated carbocycles. The molecule has 160 valence electrons. The Morgan fingerprint density at radius 3 is 2.68 bits per heavy atom. The van der Waals surface area contributed by atoms with Crippen LogP contribution in [0.5, 0.6) is 5.75 Å². The van der Waals surface area contributed by atoms with Crippen molar-refractivity contribution in [2.75, 3.05) is 34.3 Å². The SMILES string of the molecule is COc1cccc(C2C(=C(O)c3c[nH]c4ccccc34)C(=O)C(=O)N2CCN(C)C)c1. The topological polar surface area (TPSA) is 85.9 Å². The Labute approximate surface area is 180 Å². The number of para-hydroxylation sites is 1. The van der Waals surface area contributed by atoms with Crippen LogP contribution in [0.4, 0.5) is 0 Å². The molecule has 2 aromatic carbocycles. The number of rotatable bonds is 6. The highest BCUT2D eigenvalue weighted by molar-refractivity contribution is 6.46. The van der Waals surface area contributed by atoms with Crippen molar-refractivity contribution in [2.45, 2.75) is 6.04 Å². The van der Waals surface area contributed by atoms with Crippen LogP contribution in [-0.4, -0.2) is 65.9 Å². The highest BCUT2D eigenvalue weighted by Gasteiger charge is 2.46. The standard InChI is InChI=1S/C24H25N3O4/c1-26(2)11-12-27-21(15-7-6-8-16(13-15)31-3)20(23(29)24(27)30)22(28)18-14-25-19-10-5-4-9-17(18)19/h4-10,13-14,21,25,28H,11-12H2,1-3H3. The van der Waals surface area contributed by atoms with Gasteiger partial charge in [0.05, 0.1) is 18.7 Å². The van der Waals surface area contributed by atoms with Crippen LogP contribution in [0.25, 0.3) is 16.7 Å². The molecule has 1 amide bonds. The molecular formula is C24H25N3O4. The molecule has 0 spiro atoms. The first-order chi connectivity index (χ1) is 14.9. The first-order valence-corrected chi connectivity index (χ1v) is 10.1. The number of fused-ring (bicyclic) bond motifs is 1. The second kappa shape index (κ2) is 8.28. The van der Waals surface area contributed by atoms with Gasteiger partial charge in [0.25, 0.3) is 11.7 Å². The van der Waals surface area contributed by atoms with E-state index in [1.54, 1.807) is 25.4 Å². The van der Waals surface area contributed by atoms with Crippen molar-refractivity contribution in [2.24, 2.45) is 0 Å². The summed E-state index contributed by atoms with van der Waals surface area (Å²) in [6.07, 6.45) is 1.66. The lowest BCUT2D eigenvalue weighted by Gasteiger charge is -2.26. The summed E-state index contributed by atoms with van der Waals surface area (Å²) in [5.41, 5.74) is 2.12. The third-order valence-corrected chi connectivity index (χ3v) is 5.58. The van der Waals surface area contributed by atoms with Crippen molar-refractivity contribution in [3.8, 4) is 5.75 Å². The van der Waals surface area contributed by atoms with Crippen LogP contribution in [-0.2, 0) is 9.59 Å². The first-order valence-electron chi connectivity index (χ1n) is 10.1. The Bertz CT molecular complexity index is 1180. The van der Waals surface area contributed by atoms with E-state index in [0.717, 1.165) is 10.9 Å². The van der Waals surface area contributed by atoms with Gasteiger partial charge in [0.2, 0.25) is 0 Å². The summed E-state index contributed by atoms with van der Waals surface area (Å²) in [6.45, 7) is 0.935. The summed E-state index contributed by atoms with van der Waals surface area (Å²) >= 11 is 0. The van der Waals surface area contributed by atoms with Crippen LogP contribution in [0.2, 0.25) is 0 Å². The van der Waals surface area contributed by atoms with Crippen molar-refractivity contribution < 1.29 is 19.4 Å². The Morgan fingerprint density at radius 2 is 1.94 bits per heavy atom. The molecule has 31 heavy (non-hydrogen) atoms. The number of aromatic amines is 1. The highest BCUT2D eigenvalue weighted by atomic mass is 16.5. The van der Waals surface area contributed by atoms with E-state index in [9.17, 15) is 14.7 Å². The van der Waals surface area contributed by atoms with Crippen LogP contribution < -0.4 is 4.74 Å². The van der Waals surface area contributed by atoms with E-state index in [2.05, 4.69) is 4.98 Å².